The molecule has 3 rings (SSSR count). The summed E-state index contributed by atoms with van der Waals surface area (Å²) in [5, 5.41) is 0. The molecule has 1 aliphatic carbocycles. The van der Waals surface area contributed by atoms with Gasteiger partial charge in [-0.2, -0.15) is 0 Å². The van der Waals surface area contributed by atoms with Gasteiger partial charge in [-0.1, -0.05) is 31.2 Å². The Bertz CT molecular complexity index is 567. The zero-order valence-electron chi connectivity index (χ0n) is 8.41. The van der Waals surface area contributed by atoms with E-state index >= 15 is 0 Å². The summed E-state index contributed by atoms with van der Waals surface area (Å²) in [5.74, 6) is 1.49. The second kappa shape index (κ2) is 3.07. The molecule has 1 N–H and O–H groups in total. The van der Waals surface area contributed by atoms with Crippen molar-refractivity contribution in [1.82, 2.24) is 4.98 Å². The van der Waals surface area contributed by atoms with Gasteiger partial charge in [0.05, 0.1) is 5.69 Å². The minimum absolute atomic E-state index is 0.476. The van der Waals surface area contributed by atoms with E-state index in [1.807, 2.05) is 6.07 Å². The lowest BCUT2D eigenvalue weighted by molar-refractivity contribution is 0.474. The Labute approximate surface area is 93.0 Å². The molecule has 1 aromatic carbocycles. The van der Waals surface area contributed by atoms with Crippen molar-refractivity contribution < 1.29 is 4.42 Å². The number of rotatable bonds is 0. The molecule has 1 unspecified atom stereocenters. The lowest BCUT2D eigenvalue weighted by Gasteiger charge is -2.20. The molecule has 0 amide bonds. The molecule has 15 heavy (non-hydrogen) atoms. The third-order valence-corrected chi connectivity index (χ3v) is 3.16. The Morgan fingerprint density at radius 3 is 3.07 bits per heavy atom. The van der Waals surface area contributed by atoms with Crippen molar-refractivity contribution in [3.05, 3.63) is 40.4 Å². The first-order valence-electron chi connectivity index (χ1n) is 5.07. The zero-order valence-corrected chi connectivity index (χ0v) is 9.23. The van der Waals surface area contributed by atoms with Crippen LogP contribution in [0.5, 0.6) is 0 Å². The smallest absolute Gasteiger partial charge is 0.266 e. The standard InChI is InChI=1S/C12H11NOS/c1-7-6-10-11(13-12(15)14-10)9-5-3-2-4-8(7)9/h2-5,7H,6H2,1H3,(H,13,15). The molecule has 0 spiro atoms. The minimum Gasteiger partial charge on any atom is -0.434 e. The summed E-state index contributed by atoms with van der Waals surface area (Å²) < 4.78 is 5.49. The van der Waals surface area contributed by atoms with E-state index in [-0.39, 0.29) is 0 Å². The van der Waals surface area contributed by atoms with Crippen molar-refractivity contribution in [2.45, 2.75) is 19.3 Å². The van der Waals surface area contributed by atoms with E-state index < -0.39 is 0 Å². The van der Waals surface area contributed by atoms with Crippen molar-refractivity contribution in [3.63, 3.8) is 0 Å². The van der Waals surface area contributed by atoms with Crippen LogP contribution in [0.25, 0.3) is 11.3 Å². The predicted octanol–water partition coefficient (Wildman–Crippen LogP) is 3.66. The predicted molar refractivity (Wildman–Crippen MR) is 61.4 cm³/mol. The lowest BCUT2D eigenvalue weighted by Crippen LogP contribution is -2.06. The van der Waals surface area contributed by atoms with Crippen LogP contribution in [0.3, 0.4) is 0 Å². The topological polar surface area (TPSA) is 28.9 Å². The first kappa shape index (κ1) is 8.92. The summed E-state index contributed by atoms with van der Waals surface area (Å²) in [5.41, 5.74) is 3.66. The molecular weight excluding hydrogens is 206 g/mol. The Balaban J connectivity index is 2.33. The quantitative estimate of drug-likeness (QED) is 0.682. The largest absolute Gasteiger partial charge is 0.434 e. The SMILES string of the molecule is CC1Cc2oc(=S)[nH]c2-c2ccccc21. The molecule has 2 nitrogen and oxygen atoms in total. The number of benzene rings is 1. The van der Waals surface area contributed by atoms with Crippen LogP contribution in [0, 0.1) is 4.84 Å². The van der Waals surface area contributed by atoms with Crippen molar-refractivity contribution in [1.29, 1.82) is 0 Å². The highest BCUT2D eigenvalue weighted by Gasteiger charge is 2.24. The van der Waals surface area contributed by atoms with E-state index in [2.05, 4.69) is 30.1 Å². The first-order valence-corrected chi connectivity index (χ1v) is 5.48. The first-order chi connectivity index (χ1) is 7.25. The van der Waals surface area contributed by atoms with E-state index in [1.165, 1.54) is 11.1 Å². The van der Waals surface area contributed by atoms with Gasteiger partial charge in [0.1, 0.15) is 5.76 Å². The Hall–Kier alpha value is -1.35. The van der Waals surface area contributed by atoms with Crippen LogP contribution in [0.2, 0.25) is 0 Å². The Morgan fingerprint density at radius 2 is 2.20 bits per heavy atom. The van der Waals surface area contributed by atoms with Crippen LogP contribution in [-0.4, -0.2) is 4.98 Å². The maximum atomic E-state index is 5.49. The van der Waals surface area contributed by atoms with Crippen LogP contribution in [0.1, 0.15) is 24.2 Å². The highest BCUT2D eigenvalue weighted by Crippen LogP contribution is 2.38. The number of fused-ring (bicyclic) bond motifs is 3. The number of H-pyrrole nitrogens is 1. The summed E-state index contributed by atoms with van der Waals surface area (Å²) in [4.78, 5) is 3.60. The Morgan fingerprint density at radius 1 is 1.40 bits per heavy atom. The van der Waals surface area contributed by atoms with Crippen LogP contribution >= 0.6 is 12.2 Å². The van der Waals surface area contributed by atoms with Crippen molar-refractivity contribution in [2.75, 3.05) is 0 Å². The van der Waals surface area contributed by atoms with Gasteiger partial charge in [-0.15, -0.1) is 0 Å². The molecular formula is C12H11NOS. The van der Waals surface area contributed by atoms with Crippen LogP contribution < -0.4 is 0 Å². The monoisotopic (exact) mass is 217 g/mol. The van der Waals surface area contributed by atoms with Gasteiger partial charge in [-0.25, -0.2) is 0 Å². The fourth-order valence-corrected chi connectivity index (χ4v) is 2.47. The molecule has 0 saturated carbocycles. The maximum Gasteiger partial charge on any atom is 0.266 e. The lowest BCUT2D eigenvalue weighted by atomic mass is 9.85. The average molecular weight is 217 g/mol. The van der Waals surface area contributed by atoms with Crippen molar-refractivity contribution in [2.24, 2.45) is 0 Å². The van der Waals surface area contributed by atoms with Gasteiger partial charge in [0.25, 0.3) is 4.84 Å². The highest BCUT2D eigenvalue weighted by molar-refractivity contribution is 7.71. The highest BCUT2D eigenvalue weighted by atomic mass is 32.1. The maximum absolute atomic E-state index is 5.49. The van der Waals surface area contributed by atoms with Gasteiger partial charge >= 0.3 is 0 Å². The molecule has 3 heteroatoms. The molecule has 1 aromatic heterocycles. The van der Waals surface area contributed by atoms with E-state index in [9.17, 15) is 0 Å². The minimum atomic E-state index is 0.476. The molecule has 0 fully saturated rings. The summed E-state index contributed by atoms with van der Waals surface area (Å²) in [7, 11) is 0. The number of hydrogen-bond acceptors (Lipinski definition) is 2. The molecule has 0 bridgehead atoms. The summed E-state index contributed by atoms with van der Waals surface area (Å²) in [6, 6.07) is 8.41. The van der Waals surface area contributed by atoms with Crippen molar-refractivity contribution >= 4 is 12.2 Å². The molecule has 0 radical (unpaired) electrons. The van der Waals surface area contributed by atoms with E-state index in [0.717, 1.165) is 17.9 Å². The fourth-order valence-electron chi connectivity index (χ4n) is 2.26. The van der Waals surface area contributed by atoms with E-state index in [0.29, 0.717) is 10.8 Å². The Kier molecular flexibility index (Phi) is 1.83. The normalized spacial score (nSPS) is 18.3. The number of nitrogens with one attached hydrogen (secondary N) is 1. The number of aromatic amines is 1. The van der Waals surface area contributed by atoms with Gasteiger partial charge in [0.2, 0.25) is 0 Å². The average Bonchev–Trinajstić information content (AvgIpc) is 2.59. The zero-order chi connectivity index (χ0) is 10.4. The number of aromatic nitrogens is 1. The molecule has 1 aliphatic rings. The second-order valence-corrected chi connectivity index (χ2v) is 4.38. The molecule has 0 saturated heterocycles. The molecule has 76 valence electrons. The van der Waals surface area contributed by atoms with Gasteiger partial charge < -0.3 is 9.40 Å². The van der Waals surface area contributed by atoms with E-state index in [4.69, 9.17) is 16.6 Å². The van der Waals surface area contributed by atoms with Gasteiger partial charge in [0, 0.05) is 12.0 Å². The van der Waals surface area contributed by atoms with Gasteiger partial charge in [-0.05, 0) is 23.7 Å². The van der Waals surface area contributed by atoms with Gasteiger partial charge in [-0.3, -0.25) is 0 Å². The number of oxazole rings is 1. The molecule has 1 heterocycles. The second-order valence-electron chi connectivity index (χ2n) is 4.01. The van der Waals surface area contributed by atoms with Gasteiger partial charge in [0.15, 0.2) is 0 Å². The molecule has 0 aliphatic heterocycles. The van der Waals surface area contributed by atoms with Crippen LogP contribution in [0.4, 0.5) is 0 Å². The summed E-state index contributed by atoms with van der Waals surface area (Å²) in [6.45, 7) is 2.22. The summed E-state index contributed by atoms with van der Waals surface area (Å²) in [6.07, 6.45) is 0.930. The van der Waals surface area contributed by atoms with E-state index in [1.54, 1.807) is 0 Å². The van der Waals surface area contributed by atoms with Crippen LogP contribution in [0.15, 0.2) is 28.7 Å². The molecule has 1 atom stereocenters. The third kappa shape index (κ3) is 1.27. The van der Waals surface area contributed by atoms with Crippen LogP contribution in [-0.2, 0) is 6.42 Å². The number of hydrogen-bond donors (Lipinski definition) is 1. The fraction of sp³-hybridized carbons (Fsp3) is 0.250. The molecule has 2 aromatic rings. The third-order valence-electron chi connectivity index (χ3n) is 2.97. The summed E-state index contributed by atoms with van der Waals surface area (Å²) >= 11 is 5.03. The van der Waals surface area contributed by atoms with Crippen molar-refractivity contribution in [3.8, 4) is 11.3 Å².